The van der Waals surface area contributed by atoms with Crippen LogP contribution in [0.3, 0.4) is 0 Å². The van der Waals surface area contributed by atoms with E-state index in [0.29, 0.717) is 11.3 Å². The third-order valence-electron chi connectivity index (χ3n) is 6.86. The largest absolute Gasteiger partial charge is 0.507 e. The van der Waals surface area contributed by atoms with E-state index in [-0.39, 0.29) is 26.9 Å². The molecule has 8 heteroatoms. The van der Waals surface area contributed by atoms with E-state index in [9.17, 15) is 14.7 Å². The predicted octanol–water partition coefficient (Wildman–Crippen LogP) is 7.09. The number of Topliss-reactive ketones (excluding diaryl/α,β-unsaturated/α-hetero) is 1. The van der Waals surface area contributed by atoms with E-state index in [2.05, 4.69) is 18.7 Å². The normalized spacial score (nSPS) is 16.7. The van der Waals surface area contributed by atoms with Crippen LogP contribution in [0.5, 0.6) is 5.75 Å². The number of benzene rings is 3. The maximum atomic E-state index is 13.6. The van der Waals surface area contributed by atoms with Crippen molar-refractivity contribution in [3.05, 3.63) is 92.5 Å². The quantitative estimate of drug-likeness (QED) is 0.192. The highest BCUT2D eigenvalue weighted by atomic mass is 35.5. The Hall–Kier alpha value is -3.48. The second-order valence-corrected chi connectivity index (χ2v) is 10.0. The molecule has 1 amide bonds. The van der Waals surface area contributed by atoms with Crippen LogP contribution in [0.15, 0.2) is 60.2 Å². The molecular weight excluding hydrogens is 523 g/mol. The number of ketones is 1. The lowest BCUT2D eigenvalue weighted by Gasteiger charge is -2.28. The Balaban J connectivity index is 1.99. The van der Waals surface area contributed by atoms with Crippen LogP contribution in [0.1, 0.15) is 42.1 Å². The van der Waals surface area contributed by atoms with Crippen LogP contribution in [0.2, 0.25) is 10.0 Å². The third-order valence-corrected chi connectivity index (χ3v) is 7.36. The molecule has 1 atom stereocenters. The smallest absolute Gasteiger partial charge is 0.300 e. The number of rotatable bonds is 7. The van der Waals surface area contributed by atoms with E-state index in [0.717, 1.165) is 29.9 Å². The molecule has 1 fully saturated rings. The number of ether oxygens (including phenoxy) is 1. The minimum absolute atomic E-state index is 0.0674. The second-order valence-electron chi connectivity index (χ2n) is 9.19. The summed E-state index contributed by atoms with van der Waals surface area (Å²) in [5.74, 6) is -1.79. The number of aryl methyl sites for hydroxylation is 2. The summed E-state index contributed by atoms with van der Waals surface area (Å²) < 4.78 is 5.43. The van der Waals surface area contributed by atoms with Crippen molar-refractivity contribution in [3.63, 3.8) is 0 Å². The summed E-state index contributed by atoms with van der Waals surface area (Å²) in [6.45, 7) is 9.69. The van der Waals surface area contributed by atoms with Gasteiger partial charge in [0, 0.05) is 29.5 Å². The highest BCUT2D eigenvalue weighted by Crippen LogP contribution is 2.45. The molecule has 0 saturated carbocycles. The lowest BCUT2D eigenvalue weighted by atomic mass is 9.94. The number of carbonyl (C=O) groups is 2. The van der Waals surface area contributed by atoms with Crippen LogP contribution in [0.25, 0.3) is 5.76 Å². The van der Waals surface area contributed by atoms with Crippen molar-refractivity contribution >= 4 is 52.0 Å². The van der Waals surface area contributed by atoms with Crippen molar-refractivity contribution in [2.75, 3.05) is 30.0 Å². The lowest BCUT2D eigenvalue weighted by molar-refractivity contribution is -0.132. The minimum atomic E-state index is -0.885. The van der Waals surface area contributed by atoms with Gasteiger partial charge >= 0.3 is 0 Å². The maximum absolute atomic E-state index is 13.6. The van der Waals surface area contributed by atoms with Crippen LogP contribution in [0, 0.1) is 13.8 Å². The molecule has 1 heterocycles. The lowest BCUT2D eigenvalue weighted by Crippen LogP contribution is -2.30. The molecule has 0 spiro atoms. The Morgan fingerprint density at radius 3 is 2.24 bits per heavy atom. The number of aliphatic hydroxyl groups is 1. The number of amides is 1. The Morgan fingerprint density at radius 1 is 1.00 bits per heavy atom. The summed E-state index contributed by atoms with van der Waals surface area (Å²) >= 11 is 12.6. The van der Waals surface area contributed by atoms with Crippen LogP contribution >= 0.6 is 23.2 Å². The van der Waals surface area contributed by atoms with Gasteiger partial charge in [0.05, 0.1) is 29.3 Å². The maximum Gasteiger partial charge on any atom is 0.300 e. The zero-order valence-electron chi connectivity index (χ0n) is 22.0. The van der Waals surface area contributed by atoms with Crippen molar-refractivity contribution in [1.29, 1.82) is 0 Å². The molecule has 1 N–H and O–H groups in total. The van der Waals surface area contributed by atoms with E-state index in [1.165, 1.54) is 24.1 Å². The van der Waals surface area contributed by atoms with Crippen LogP contribution in [-0.2, 0) is 9.59 Å². The first-order valence-electron chi connectivity index (χ1n) is 12.4. The molecule has 3 aromatic rings. The standard InChI is InChI=1S/C30H30Cl2N2O4/c1-6-33(7-2)21-11-9-19(10-12-21)26-25(27(35)22-15-20(31)16-23(32)29(22)38-5)28(36)30(37)34(26)24-13-8-17(3)14-18(24)4/h8-16,26,35H,6-7H2,1-5H3/b27-25+. The van der Waals surface area contributed by atoms with Gasteiger partial charge in [0.25, 0.3) is 11.7 Å². The number of carbonyl (C=O) groups excluding carboxylic acids is 2. The van der Waals surface area contributed by atoms with Gasteiger partial charge in [-0.05, 0) is 69.2 Å². The monoisotopic (exact) mass is 552 g/mol. The Bertz CT molecular complexity index is 1430. The summed E-state index contributed by atoms with van der Waals surface area (Å²) in [5, 5.41) is 12.0. The first-order chi connectivity index (χ1) is 18.1. The van der Waals surface area contributed by atoms with Gasteiger partial charge < -0.3 is 14.7 Å². The summed E-state index contributed by atoms with van der Waals surface area (Å²) in [6, 6.07) is 15.4. The molecule has 1 aliphatic rings. The Labute approximate surface area is 233 Å². The fourth-order valence-electron chi connectivity index (χ4n) is 5.02. The van der Waals surface area contributed by atoms with Gasteiger partial charge in [0.2, 0.25) is 0 Å². The zero-order valence-corrected chi connectivity index (χ0v) is 23.5. The average Bonchev–Trinajstić information content (AvgIpc) is 3.14. The molecule has 1 saturated heterocycles. The highest BCUT2D eigenvalue weighted by Gasteiger charge is 2.47. The first-order valence-corrected chi connectivity index (χ1v) is 13.1. The molecule has 1 unspecified atom stereocenters. The third kappa shape index (κ3) is 4.86. The number of aliphatic hydroxyl groups excluding tert-OH is 1. The zero-order chi connectivity index (χ0) is 27.7. The van der Waals surface area contributed by atoms with Crippen LogP contribution in [0.4, 0.5) is 11.4 Å². The van der Waals surface area contributed by atoms with Crippen molar-refractivity contribution in [2.45, 2.75) is 33.7 Å². The molecule has 3 aromatic carbocycles. The summed E-state index contributed by atoms with van der Waals surface area (Å²) in [5.41, 5.74) is 4.21. The molecule has 0 aromatic heterocycles. The van der Waals surface area contributed by atoms with Crippen LogP contribution in [-0.4, -0.2) is 37.0 Å². The van der Waals surface area contributed by atoms with Gasteiger partial charge in [0.15, 0.2) is 0 Å². The number of halogens is 2. The van der Waals surface area contributed by atoms with E-state index < -0.39 is 23.5 Å². The van der Waals surface area contributed by atoms with Gasteiger partial charge in [-0.3, -0.25) is 14.5 Å². The number of anilines is 2. The molecule has 198 valence electrons. The van der Waals surface area contributed by atoms with Crippen molar-refractivity contribution in [3.8, 4) is 5.75 Å². The Morgan fingerprint density at radius 2 is 1.66 bits per heavy atom. The van der Waals surface area contributed by atoms with Crippen molar-refractivity contribution in [1.82, 2.24) is 0 Å². The number of hydrogen-bond donors (Lipinski definition) is 1. The number of methoxy groups -OCH3 is 1. The molecular formula is C30H30Cl2N2O4. The summed E-state index contributed by atoms with van der Waals surface area (Å²) in [7, 11) is 1.41. The van der Waals surface area contributed by atoms with E-state index >= 15 is 0 Å². The van der Waals surface area contributed by atoms with Crippen molar-refractivity contribution < 1.29 is 19.4 Å². The topological polar surface area (TPSA) is 70.1 Å². The van der Waals surface area contributed by atoms with E-state index in [4.69, 9.17) is 27.9 Å². The van der Waals surface area contributed by atoms with E-state index in [1.54, 1.807) is 0 Å². The molecule has 4 rings (SSSR count). The SMILES string of the molecule is CCN(CC)c1ccc(C2/C(=C(\O)c3cc(Cl)cc(Cl)c3OC)C(=O)C(=O)N2c2ccc(C)cc2C)cc1. The highest BCUT2D eigenvalue weighted by molar-refractivity contribution is 6.52. The first kappa shape index (κ1) is 27.6. The van der Waals surface area contributed by atoms with Gasteiger partial charge in [-0.2, -0.15) is 0 Å². The minimum Gasteiger partial charge on any atom is -0.507 e. The fourth-order valence-corrected chi connectivity index (χ4v) is 5.59. The molecule has 38 heavy (non-hydrogen) atoms. The molecule has 0 radical (unpaired) electrons. The molecule has 1 aliphatic heterocycles. The van der Waals surface area contributed by atoms with Gasteiger partial charge in [-0.1, -0.05) is 53.0 Å². The van der Waals surface area contributed by atoms with Crippen molar-refractivity contribution in [2.24, 2.45) is 0 Å². The van der Waals surface area contributed by atoms with Gasteiger partial charge in [0.1, 0.15) is 11.5 Å². The number of hydrogen-bond acceptors (Lipinski definition) is 5. The Kier molecular flexibility index (Phi) is 8.05. The second kappa shape index (κ2) is 11.1. The average molecular weight is 553 g/mol. The summed E-state index contributed by atoms with van der Waals surface area (Å²) in [4.78, 5) is 30.8. The predicted molar refractivity (Wildman–Crippen MR) is 154 cm³/mol. The number of nitrogens with zero attached hydrogens (tertiary/aromatic N) is 2. The molecule has 0 aliphatic carbocycles. The van der Waals surface area contributed by atoms with E-state index in [1.807, 2.05) is 56.3 Å². The summed E-state index contributed by atoms with van der Waals surface area (Å²) in [6.07, 6.45) is 0. The van der Waals surface area contributed by atoms with Gasteiger partial charge in [-0.25, -0.2) is 0 Å². The van der Waals surface area contributed by atoms with Crippen LogP contribution < -0.4 is 14.5 Å². The fraction of sp³-hybridized carbons (Fsp3) is 0.267. The molecule has 6 nitrogen and oxygen atoms in total. The van der Waals surface area contributed by atoms with Gasteiger partial charge in [-0.15, -0.1) is 0 Å². The molecule has 0 bridgehead atoms.